The minimum absolute atomic E-state index is 0.690. The van der Waals surface area contributed by atoms with Crippen molar-refractivity contribution in [2.75, 3.05) is 32.8 Å². The van der Waals surface area contributed by atoms with Crippen LogP contribution in [0.25, 0.3) is 0 Å². The van der Waals surface area contributed by atoms with E-state index in [2.05, 4.69) is 0 Å². The molecule has 0 aliphatic carbocycles. The lowest BCUT2D eigenvalue weighted by Gasteiger charge is -2.13. The van der Waals surface area contributed by atoms with Gasteiger partial charge >= 0.3 is 9.28 Å². The van der Waals surface area contributed by atoms with Gasteiger partial charge in [0.25, 0.3) is 0 Å². The van der Waals surface area contributed by atoms with E-state index in [9.17, 15) is 0 Å². The smallest absolute Gasteiger partial charge is 0.321 e. The number of hydrogen-bond donors (Lipinski definition) is 0. The minimum atomic E-state index is -1.42. The highest BCUT2D eigenvalue weighted by molar-refractivity contribution is 6.44. The summed E-state index contributed by atoms with van der Waals surface area (Å²) in [6.45, 7) is 4.29. The molecule has 0 saturated carbocycles. The quantitative estimate of drug-likeness (QED) is 0.332. The molecule has 3 nitrogen and oxygen atoms in total. The summed E-state index contributed by atoms with van der Waals surface area (Å²) >= 11 is 5.60. The van der Waals surface area contributed by atoms with Crippen LogP contribution in [0.1, 0.15) is 19.8 Å². The molecule has 1 unspecified atom stereocenters. The summed E-state index contributed by atoms with van der Waals surface area (Å²) in [5.74, 6) is 0.690. The molecule has 0 spiro atoms. The van der Waals surface area contributed by atoms with Crippen molar-refractivity contribution in [3.63, 3.8) is 0 Å². The van der Waals surface area contributed by atoms with Gasteiger partial charge in [0, 0.05) is 32.8 Å². The van der Waals surface area contributed by atoms with Gasteiger partial charge in [0.1, 0.15) is 0 Å². The van der Waals surface area contributed by atoms with E-state index >= 15 is 0 Å². The van der Waals surface area contributed by atoms with Gasteiger partial charge in [0.05, 0.1) is 0 Å². The molecule has 0 bridgehead atoms. The molecule has 14 heavy (non-hydrogen) atoms. The number of ether oxygens (including phenoxy) is 1. The molecule has 0 heterocycles. The van der Waals surface area contributed by atoms with E-state index in [0.717, 1.165) is 38.7 Å². The van der Waals surface area contributed by atoms with Crippen LogP contribution in [0.3, 0.4) is 0 Å². The Labute approximate surface area is 93.5 Å². The summed E-state index contributed by atoms with van der Waals surface area (Å²) < 4.78 is 16.1. The van der Waals surface area contributed by atoms with Gasteiger partial charge in [-0.2, -0.15) is 0 Å². The van der Waals surface area contributed by atoms with E-state index in [1.165, 1.54) is 0 Å². The standard InChI is InChI=1S/C9H21ClO3Si/c1-3-12-7-5-8-13-14(11-2)9-4-6-10/h14H,3-9H2,1-2H3. The minimum Gasteiger partial charge on any atom is -0.400 e. The van der Waals surface area contributed by atoms with Crippen LogP contribution in [0.4, 0.5) is 0 Å². The Hall–Kier alpha value is 0.387. The molecule has 0 aromatic heterocycles. The maximum absolute atomic E-state index is 5.62. The van der Waals surface area contributed by atoms with Gasteiger partial charge in [-0.25, -0.2) is 0 Å². The zero-order valence-corrected chi connectivity index (χ0v) is 11.0. The summed E-state index contributed by atoms with van der Waals surface area (Å²) in [7, 11) is 0.294. The van der Waals surface area contributed by atoms with Crippen LogP contribution in [0.5, 0.6) is 0 Å². The fourth-order valence-electron chi connectivity index (χ4n) is 1.03. The lowest BCUT2D eigenvalue weighted by atomic mass is 10.5. The van der Waals surface area contributed by atoms with Crippen LogP contribution in [-0.4, -0.2) is 42.1 Å². The summed E-state index contributed by atoms with van der Waals surface area (Å²) in [5.41, 5.74) is 0. The maximum Gasteiger partial charge on any atom is 0.321 e. The van der Waals surface area contributed by atoms with Crippen molar-refractivity contribution < 1.29 is 13.6 Å². The van der Waals surface area contributed by atoms with E-state index in [1.807, 2.05) is 6.92 Å². The Morgan fingerprint density at radius 2 is 2.00 bits per heavy atom. The SMILES string of the molecule is CCOCCCO[SiH](CCCCl)OC. The maximum atomic E-state index is 5.62. The first kappa shape index (κ1) is 14.4. The van der Waals surface area contributed by atoms with Crippen molar-refractivity contribution in [2.24, 2.45) is 0 Å². The predicted octanol–water partition coefficient (Wildman–Crippen LogP) is 1.93. The topological polar surface area (TPSA) is 27.7 Å². The molecule has 0 saturated heterocycles. The molecule has 0 aliphatic heterocycles. The lowest BCUT2D eigenvalue weighted by molar-refractivity contribution is 0.124. The molecule has 86 valence electrons. The molecule has 0 N–H and O–H groups in total. The third-order valence-electron chi connectivity index (χ3n) is 1.78. The molecule has 0 aromatic rings. The van der Waals surface area contributed by atoms with Crippen LogP contribution in [0.2, 0.25) is 6.04 Å². The third kappa shape index (κ3) is 8.96. The first-order chi connectivity index (χ1) is 6.85. The van der Waals surface area contributed by atoms with Crippen molar-refractivity contribution in [1.82, 2.24) is 0 Å². The zero-order chi connectivity index (χ0) is 10.6. The average Bonchev–Trinajstić information content (AvgIpc) is 2.22. The largest absolute Gasteiger partial charge is 0.400 e. The van der Waals surface area contributed by atoms with Crippen LogP contribution in [0, 0.1) is 0 Å². The number of alkyl halides is 1. The van der Waals surface area contributed by atoms with E-state index in [-0.39, 0.29) is 0 Å². The summed E-state index contributed by atoms with van der Waals surface area (Å²) in [6.07, 6.45) is 1.93. The second-order valence-electron chi connectivity index (χ2n) is 2.92. The molecule has 0 amide bonds. The first-order valence-corrected chi connectivity index (χ1v) is 7.42. The van der Waals surface area contributed by atoms with Gasteiger partial charge in [-0.1, -0.05) is 0 Å². The summed E-state index contributed by atoms with van der Waals surface area (Å²) in [6, 6.07) is 0.995. The number of hydrogen-bond acceptors (Lipinski definition) is 3. The third-order valence-corrected chi connectivity index (χ3v) is 4.06. The Morgan fingerprint density at radius 1 is 1.21 bits per heavy atom. The van der Waals surface area contributed by atoms with Crippen molar-refractivity contribution in [3.8, 4) is 0 Å². The predicted molar refractivity (Wildman–Crippen MR) is 61.4 cm³/mol. The highest BCUT2D eigenvalue weighted by Gasteiger charge is 2.10. The second-order valence-corrected chi connectivity index (χ2v) is 5.54. The van der Waals surface area contributed by atoms with Crippen molar-refractivity contribution in [1.29, 1.82) is 0 Å². The molecule has 1 atom stereocenters. The molecule has 0 fully saturated rings. The van der Waals surface area contributed by atoms with Crippen molar-refractivity contribution in [2.45, 2.75) is 25.8 Å². The summed E-state index contributed by atoms with van der Waals surface area (Å²) in [4.78, 5) is 0. The van der Waals surface area contributed by atoms with Gasteiger partial charge in [-0.15, -0.1) is 11.6 Å². The van der Waals surface area contributed by atoms with Crippen LogP contribution >= 0.6 is 11.6 Å². The zero-order valence-electron chi connectivity index (χ0n) is 9.13. The fraction of sp³-hybridized carbons (Fsp3) is 1.00. The molecule has 5 heteroatoms. The van der Waals surface area contributed by atoms with Gasteiger partial charge < -0.3 is 13.6 Å². The monoisotopic (exact) mass is 240 g/mol. The van der Waals surface area contributed by atoms with Crippen LogP contribution in [-0.2, 0) is 13.6 Å². The van der Waals surface area contributed by atoms with E-state index in [0.29, 0.717) is 5.88 Å². The van der Waals surface area contributed by atoms with Crippen LogP contribution in [0.15, 0.2) is 0 Å². The summed E-state index contributed by atoms with van der Waals surface area (Å²) in [5, 5.41) is 0. The van der Waals surface area contributed by atoms with Gasteiger partial charge in [0.15, 0.2) is 0 Å². The molecular weight excluding hydrogens is 220 g/mol. The first-order valence-electron chi connectivity index (χ1n) is 5.13. The Kier molecular flexibility index (Phi) is 11.8. The average molecular weight is 241 g/mol. The normalized spacial score (nSPS) is 13.1. The molecule has 0 radical (unpaired) electrons. The molecular formula is C9H21ClO3Si. The lowest BCUT2D eigenvalue weighted by Crippen LogP contribution is -2.22. The fourth-order valence-corrected chi connectivity index (χ4v) is 2.95. The highest BCUT2D eigenvalue weighted by atomic mass is 35.5. The Bertz CT molecular complexity index is 116. The van der Waals surface area contributed by atoms with Gasteiger partial charge in [-0.05, 0) is 25.8 Å². The van der Waals surface area contributed by atoms with E-state index < -0.39 is 9.28 Å². The highest BCUT2D eigenvalue weighted by Crippen LogP contribution is 2.02. The second kappa shape index (κ2) is 11.5. The number of halogens is 1. The van der Waals surface area contributed by atoms with E-state index in [1.54, 1.807) is 7.11 Å². The van der Waals surface area contributed by atoms with Crippen LogP contribution < -0.4 is 0 Å². The molecule has 0 aromatic carbocycles. The Morgan fingerprint density at radius 3 is 2.57 bits per heavy atom. The van der Waals surface area contributed by atoms with E-state index in [4.69, 9.17) is 25.2 Å². The van der Waals surface area contributed by atoms with Gasteiger partial charge in [0.2, 0.25) is 0 Å². The van der Waals surface area contributed by atoms with Crippen molar-refractivity contribution in [3.05, 3.63) is 0 Å². The van der Waals surface area contributed by atoms with Gasteiger partial charge in [-0.3, -0.25) is 0 Å². The van der Waals surface area contributed by atoms with Crippen molar-refractivity contribution >= 4 is 20.9 Å². The number of rotatable bonds is 10. The molecule has 0 rings (SSSR count). The Balaban J connectivity index is 3.24. The molecule has 0 aliphatic rings.